The van der Waals surface area contributed by atoms with Gasteiger partial charge in [0.1, 0.15) is 17.8 Å². The first kappa shape index (κ1) is 20.2. The average Bonchev–Trinajstić information content (AvgIpc) is 2.68. The lowest BCUT2D eigenvalue weighted by Gasteiger charge is -2.38. The summed E-state index contributed by atoms with van der Waals surface area (Å²) in [5.74, 6) is -3.36. The maximum atomic E-state index is 13.8. The number of carbonyl (C=O) groups excluding carboxylic acids is 1. The number of anilines is 3. The van der Waals surface area contributed by atoms with Crippen LogP contribution < -0.4 is 19.9 Å². The molecule has 2 aromatic rings. The zero-order valence-electron chi connectivity index (χ0n) is 17.0. The zero-order chi connectivity index (χ0) is 21.7. The second-order valence-electron chi connectivity index (χ2n) is 7.71. The van der Waals surface area contributed by atoms with Crippen LogP contribution in [0.1, 0.15) is 25.5 Å². The van der Waals surface area contributed by atoms with E-state index in [-0.39, 0.29) is 29.8 Å². The first-order valence-corrected chi connectivity index (χ1v) is 9.63. The van der Waals surface area contributed by atoms with Gasteiger partial charge in [0, 0.05) is 33.0 Å². The second kappa shape index (κ2) is 7.33. The van der Waals surface area contributed by atoms with E-state index >= 15 is 0 Å². The number of nitrogens with zero attached hydrogens (tertiary/aromatic N) is 4. The normalized spacial score (nSPS) is 23.2. The minimum atomic E-state index is -1.54. The smallest absolute Gasteiger partial charge is 0.249 e. The zero-order valence-corrected chi connectivity index (χ0v) is 17.0. The van der Waals surface area contributed by atoms with Gasteiger partial charge in [-0.1, -0.05) is 0 Å². The molecule has 0 radical (unpaired) electrons. The fraction of sp³-hybridized carbons (Fsp3) is 0.450. The highest BCUT2D eigenvalue weighted by molar-refractivity contribution is 6.04. The number of aromatic nitrogens is 2. The average molecular weight is 421 g/mol. The predicted octanol–water partition coefficient (Wildman–Crippen LogP) is 3.03. The fourth-order valence-electron chi connectivity index (χ4n) is 3.74. The Morgan fingerprint density at radius 2 is 1.83 bits per heavy atom. The van der Waals surface area contributed by atoms with Crippen molar-refractivity contribution in [3.8, 4) is 5.75 Å². The third kappa shape index (κ3) is 3.29. The van der Waals surface area contributed by atoms with Gasteiger partial charge in [0.05, 0.1) is 5.69 Å². The highest BCUT2D eigenvalue weighted by Gasteiger charge is 2.36. The number of likely N-dealkylation sites (N-methyl/N-ethyl adjacent to an activating group) is 2. The molecule has 2 aliphatic rings. The van der Waals surface area contributed by atoms with Gasteiger partial charge in [0.2, 0.25) is 17.7 Å². The summed E-state index contributed by atoms with van der Waals surface area (Å²) in [5.41, 5.74) is 1.35. The Balaban J connectivity index is 1.43. The molecule has 1 aromatic heterocycles. The second-order valence-corrected chi connectivity index (χ2v) is 7.71. The molecule has 1 aromatic carbocycles. The van der Waals surface area contributed by atoms with Crippen LogP contribution >= 0.6 is 0 Å². The molecule has 1 aliphatic heterocycles. The number of hydrogen-bond donors (Lipinski definition) is 1. The van der Waals surface area contributed by atoms with Crippen LogP contribution in [-0.4, -0.2) is 48.2 Å². The number of nitrogens with one attached hydrogen (secondary N) is 1. The van der Waals surface area contributed by atoms with Crippen LogP contribution in [0.4, 0.5) is 30.6 Å². The summed E-state index contributed by atoms with van der Waals surface area (Å²) >= 11 is 0. The van der Waals surface area contributed by atoms with E-state index in [1.807, 2.05) is 25.8 Å². The molecule has 1 aliphatic carbocycles. The van der Waals surface area contributed by atoms with Crippen molar-refractivity contribution < 1.29 is 22.7 Å². The Morgan fingerprint density at radius 1 is 1.13 bits per heavy atom. The van der Waals surface area contributed by atoms with Crippen molar-refractivity contribution in [2.45, 2.75) is 44.9 Å². The van der Waals surface area contributed by atoms with Crippen LogP contribution in [0.2, 0.25) is 0 Å². The molecule has 1 amide bonds. The van der Waals surface area contributed by atoms with Gasteiger partial charge in [-0.25, -0.2) is 13.8 Å². The molecular weight excluding hydrogens is 399 g/mol. The van der Waals surface area contributed by atoms with Crippen molar-refractivity contribution >= 4 is 23.4 Å². The molecule has 1 saturated carbocycles. The Hall–Kier alpha value is -3.04. The molecule has 0 unspecified atom stereocenters. The molecule has 0 saturated heterocycles. The minimum absolute atomic E-state index is 0.00788. The van der Waals surface area contributed by atoms with Crippen molar-refractivity contribution in [1.29, 1.82) is 0 Å². The number of benzene rings is 1. The Labute approximate surface area is 171 Å². The number of ether oxygens (including phenoxy) is 1. The molecule has 0 bridgehead atoms. The van der Waals surface area contributed by atoms with E-state index in [4.69, 9.17) is 4.74 Å². The number of hydrogen-bond acceptors (Lipinski definition) is 6. The number of carbonyl (C=O) groups is 1. The number of halogens is 3. The van der Waals surface area contributed by atoms with Gasteiger partial charge in [0.15, 0.2) is 23.2 Å². The van der Waals surface area contributed by atoms with Crippen LogP contribution in [0, 0.1) is 24.4 Å². The molecule has 4 rings (SSSR count). The molecule has 30 heavy (non-hydrogen) atoms. The summed E-state index contributed by atoms with van der Waals surface area (Å²) in [6.45, 7) is 3.63. The molecule has 2 heterocycles. The quantitative estimate of drug-likeness (QED) is 0.766. The number of rotatable bonds is 4. The summed E-state index contributed by atoms with van der Waals surface area (Å²) < 4.78 is 45.5. The van der Waals surface area contributed by atoms with E-state index in [9.17, 15) is 18.0 Å². The van der Waals surface area contributed by atoms with Gasteiger partial charge in [0.25, 0.3) is 0 Å². The lowest BCUT2D eigenvalue weighted by atomic mass is 9.89. The van der Waals surface area contributed by atoms with Gasteiger partial charge in [-0.05, 0) is 26.0 Å². The molecule has 1 fully saturated rings. The highest BCUT2D eigenvalue weighted by Crippen LogP contribution is 2.36. The van der Waals surface area contributed by atoms with Crippen molar-refractivity contribution in [2.75, 3.05) is 29.2 Å². The van der Waals surface area contributed by atoms with Crippen molar-refractivity contribution in [3.05, 3.63) is 35.3 Å². The first-order valence-electron chi connectivity index (χ1n) is 9.63. The monoisotopic (exact) mass is 421 g/mol. The van der Waals surface area contributed by atoms with Crippen LogP contribution in [0.25, 0.3) is 0 Å². The third-order valence-electron chi connectivity index (χ3n) is 5.70. The van der Waals surface area contributed by atoms with E-state index in [0.29, 0.717) is 36.0 Å². The Kier molecular flexibility index (Phi) is 4.95. The standard InChI is InChI=1S/C20H22F3N5O2/c1-9-17-18(27(3)10(2)19(29)28(17)4)26-20(24-9)25-11-7-12(8-11)30-14-6-5-13(21)15(22)16(14)23/h5-6,10-12H,7-8H2,1-4H3,(H,24,25,26)/t10-,11-,12-/m0/s1. The van der Waals surface area contributed by atoms with Gasteiger partial charge in [-0.15, -0.1) is 0 Å². The highest BCUT2D eigenvalue weighted by atomic mass is 19.2. The third-order valence-corrected chi connectivity index (χ3v) is 5.70. The lowest BCUT2D eigenvalue weighted by Crippen LogP contribution is -2.50. The number of amides is 1. The fourth-order valence-corrected chi connectivity index (χ4v) is 3.74. The largest absolute Gasteiger partial charge is 0.487 e. The van der Waals surface area contributed by atoms with E-state index in [1.165, 1.54) is 0 Å². The Morgan fingerprint density at radius 3 is 2.53 bits per heavy atom. The summed E-state index contributed by atoms with van der Waals surface area (Å²) in [7, 11) is 3.52. The van der Waals surface area contributed by atoms with Gasteiger partial charge < -0.3 is 19.9 Å². The van der Waals surface area contributed by atoms with Gasteiger partial charge >= 0.3 is 0 Å². The van der Waals surface area contributed by atoms with Crippen molar-refractivity contribution in [2.24, 2.45) is 0 Å². The summed E-state index contributed by atoms with van der Waals surface area (Å²) in [6.07, 6.45) is 0.734. The van der Waals surface area contributed by atoms with E-state index in [1.54, 1.807) is 11.9 Å². The first-order chi connectivity index (χ1) is 14.2. The van der Waals surface area contributed by atoms with Crippen LogP contribution in [-0.2, 0) is 4.79 Å². The molecule has 10 heteroatoms. The Bertz CT molecular complexity index is 1010. The lowest BCUT2D eigenvalue weighted by molar-refractivity contribution is -0.119. The summed E-state index contributed by atoms with van der Waals surface area (Å²) in [5, 5.41) is 3.22. The number of fused-ring (bicyclic) bond motifs is 1. The van der Waals surface area contributed by atoms with Gasteiger partial charge in [-0.3, -0.25) is 4.79 Å². The summed E-state index contributed by atoms with van der Waals surface area (Å²) in [6, 6.07) is 1.58. The van der Waals surface area contributed by atoms with E-state index in [2.05, 4.69) is 15.3 Å². The molecule has 160 valence electrons. The molecule has 1 atom stereocenters. The van der Waals surface area contributed by atoms with Crippen LogP contribution in [0.15, 0.2) is 12.1 Å². The van der Waals surface area contributed by atoms with Crippen molar-refractivity contribution in [1.82, 2.24) is 9.97 Å². The van der Waals surface area contributed by atoms with E-state index < -0.39 is 17.5 Å². The number of aryl methyl sites for hydroxylation is 1. The molecular formula is C20H22F3N5O2. The molecule has 1 N–H and O–H groups in total. The maximum Gasteiger partial charge on any atom is 0.249 e. The SMILES string of the molecule is Cc1nc(N[C@H]2C[C@H](Oc3ccc(F)c(F)c3F)C2)nc2c1N(C)C(=O)[C@H](C)N2C. The van der Waals surface area contributed by atoms with Crippen LogP contribution in [0.5, 0.6) is 5.75 Å². The van der Waals surface area contributed by atoms with E-state index in [0.717, 1.165) is 12.1 Å². The topological polar surface area (TPSA) is 70.6 Å². The van der Waals surface area contributed by atoms with Crippen LogP contribution in [0.3, 0.4) is 0 Å². The predicted molar refractivity (Wildman–Crippen MR) is 105 cm³/mol. The van der Waals surface area contributed by atoms with Gasteiger partial charge in [-0.2, -0.15) is 9.37 Å². The minimum Gasteiger partial charge on any atom is -0.487 e. The van der Waals surface area contributed by atoms with Crippen molar-refractivity contribution in [3.63, 3.8) is 0 Å². The maximum absolute atomic E-state index is 13.8. The molecule has 7 nitrogen and oxygen atoms in total. The summed E-state index contributed by atoms with van der Waals surface area (Å²) in [4.78, 5) is 24.8. The molecule has 0 spiro atoms.